The molecule has 198 valence electrons. The van der Waals surface area contributed by atoms with Crippen molar-refractivity contribution in [3.05, 3.63) is 71.7 Å². The minimum absolute atomic E-state index is 0. The van der Waals surface area contributed by atoms with E-state index in [2.05, 4.69) is 29.0 Å². The zero-order valence-electron chi connectivity index (χ0n) is 21.0. The number of nitrogens with zero attached hydrogens (tertiary/aromatic N) is 2. The molecule has 1 saturated heterocycles. The number of ketones is 1. The fourth-order valence-corrected chi connectivity index (χ4v) is 5.19. The van der Waals surface area contributed by atoms with Gasteiger partial charge in [0.25, 0.3) is 0 Å². The second-order valence-corrected chi connectivity index (χ2v) is 9.97. The maximum atomic E-state index is 13.8. The van der Waals surface area contributed by atoms with Crippen molar-refractivity contribution >= 4 is 28.3 Å². The molecule has 0 saturated carbocycles. The fourth-order valence-electron chi connectivity index (χ4n) is 5.19. The number of amides is 1. The number of hydrogen-bond donors (Lipinski definition) is 2. The van der Waals surface area contributed by atoms with Crippen molar-refractivity contribution in [1.82, 2.24) is 15.2 Å². The van der Waals surface area contributed by atoms with Crippen LogP contribution in [-0.2, 0) is 22.4 Å². The zero-order chi connectivity index (χ0) is 25.7. The first-order chi connectivity index (χ1) is 17.3. The molecule has 3 aromatic rings. The van der Waals surface area contributed by atoms with Gasteiger partial charge in [0.1, 0.15) is 11.6 Å². The molecule has 0 aliphatic carbocycles. The van der Waals surface area contributed by atoms with Crippen LogP contribution in [0.2, 0.25) is 0 Å². The third-order valence-electron chi connectivity index (χ3n) is 7.27. The number of benzene rings is 2. The van der Waals surface area contributed by atoms with Crippen molar-refractivity contribution in [2.75, 3.05) is 12.3 Å². The van der Waals surface area contributed by atoms with E-state index >= 15 is 0 Å². The number of fused-ring (bicyclic) bond motifs is 1. The lowest BCUT2D eigenvalue weighted by Gasteiger charge is -2.38. The summed E-state index contributed by atoms with van der Waals surface area (Å²) in [6.45, 7) is 4.55. The number of carbonyl (C=O) groups excluding carboxylic acids is 2. The Bertz CT molecular complexity index is 1220. The summed E-state index contributed by atoms with van der Waals surface area (Å²) in [4.78, 5) is 32.7. The van der Waals surface area contributed by atoms with Gasteiger partial charge in [-0.05, 0) is 74.2 Å². The molecule has 1 aliphatic rings. The van der Waals surface area contributed by atoms with E-state index in [9.17, 15) is 14.0 Å². The first-order valence-corrected chi connectivity index (χ1v) is 12.8. The number of halogens is 1. The normalized spacial score (nSPS) is 18.7. The predicted molar refractivity (Wildman–Crippen MR) is 148 cm³/mol. The van der Waals surface area contributed by atoms with Crippen LogP contribution in [0.25, 0.3) is 10.8 Å². The molecule has 0 spiro atoms. The quantitative estimate of drug-likeness (QED) is 0.422. The first kappa shape index (κ1) is 28.3. The largest absolute Gasteiger partial charge is 0.383 e. The molecule has 1 amide bonds. The highest BCUT2D eigenvalue weighted by atomic mass is 19.1. The third-order valence-corrected chi connectivity index (χ3v) is 7.27. The molecule has 2 unspecified atom stereocenters. The van der Waals surface area contributed by atoms with E-state index in [0.717, 1.165) is 29.2 Å². The van der Waals surface area contributed by atoms with Crippen molar-refractivity contribution < 1.29 is 14.0 Å². The molecule has 3 atom stereocenters. The highest BCUT2D eigenvalue weighted by molar-refractivity contribution is 5.92. The van der Waals surface area contributed by atoms with Gasteiger partial charge in [0, 0.05) is 30.1 Å². The van der Waals surface area contributed by atoms with E-state index < -0.39 is 6.04 Å². The number of nitrogens with two attached hydrogens (primary N) is 1. The van der Waals surface area contributed by atoms with Gasteiger partial charge in [-0.3, -0.25) is 14.5 Å². The van der Waals surface area contributed by atoms with Crippen molar-refractivity contribution in [3.63, 3.8) is 0 Å². The summed E-state index contributed by atoms with van der Waals surface area (Å²) in [5, 5.41) is 4.82. The number of Topliss-reactive ketones (excluding diaryl/α,β-unsaturated/α-hetero) is 1. The molecule has 2 aromatic carbocycles. The molecule has 0 radical (unpaired) electrons. The summed E-state index contributed by atoms with van der Waals surface area (Å²) >= 11 is 0. The van der Waals surface area contributed by atoms with Gasteiger partial charge in [-0.25, -0.2) is 9.37 Å². The van der Waals surface area contributed by atoms with Gasteiger partial charge in [0.05, 0.1) is 12.6 Å². The number of nitrogens with one attached hydrogen (secondary N) is 1. The van der Waals surface area contributed by atoms with Gasteiger partial charge in [0.15, 0.2) is 5.78 Å². The molecule has 37 heavy (non-hydrogen) atoms. The number of nitrogen functional groups attached to an aromatic ring is 1. The smallest absolute Gasteiger partial charge is 0.234 e. The summed E-state index contributed by atoms with van der Waals surface area (Å²) in [5.74, 6) is -0.114. The Labute approximate surface area is 219 Å². The lowest BCUT2D eigenvalue weighted by Crippen LogP contribution is -2.51. The number of pyridine rings is 1. The number of aromatic nitrogens is 1. The summed E-state index contributed by atoms with van der Waals surface area (Å²) in [6, 6.07) is 13.9. The van der Waals surface area contributed by atoms with Gasteiger partial charge < -0.3 is 11.1 Å². The summed E-state index contributed by atoms with van der Waals surface area (Å²) in [7, 11) is 0. The maximum absolute atomic E-state index is 13.8. The number of carbonyl (C=O) groups is 2. The van der Waals surface area contributed by atoms with Gasteiger partial charge in [0.2, 0.25) is 5.91 Å². The Morgan fingerprint density at radius 2 is 1.86 bits per heavy atom. The Hall–Kier alpha value is -3.32. The first-order valence-electron chi connectivity index (χ1n) is 12.8. The van der Waals surface area contributed by atoms with Crippen LogP contribution in [0.4, 0.5) is 10.2 Å². The minimum Gasteiger partial charge on any atom is -0.383 e. The fraction of sp³-hybridized carbons (Fsp3) is 0.433. The maximum Gasteiger partial charge on any atom is 0.234 e. The predicted octanol–water partition coefficient (Wildman–Crippen LogP) is 5.08. The SMILES string of the molecule is C.CC1CCCC(C)N1CC(=O)N[C@@H](Cc1cccc(F)c1)C(=O)CCc1ccc2c(N)nccc2c1. The summed E-state index contributed by atoms with van der Waals surface area (Å²) < 4.78 is 13.8. The Morgan fingerprint density at radius 3 is 2.59 bits per heavy atom. The van der Waals surface area contributed by atoms with Gasteiger partial charge >= 0.3 is 0 Å². The number of aryl methyl sites for hydroxylation is 1. The minimum atomic E-state index is -0.713. The standard InChI is InChI=1S/C29H35FN4O2.CH4/c1-19-5-3-6-20(2)34(19)18-28(36)33-26(17-22-7-4-8-24(30)16-22)27(35)12-10-21-9-11-25-23(15-21)13-14-32-29(25)31;/h4,7-9,11,13-16,19-20,26H,3,5-6,10,12,17-18H2,1-2H3,(H2,31,32)(H,33,36);1H4/t19?,20?,26-;/m0./s1. The van der Waals surface area contributed by atoms with Crippen LogP contribution in [0.1, 0.15) is 58.1 Å². The average molecular weight is 507 g/mol. The van der Waals surface area contributed by atoms with Crippen LogP contribution in [0, 0.1) is 5.82 Å². The highest BCUT2D eigenvalue weighted by Gasteiger charge is 2.28. The highest BCUT2D eigenvalue weighted by Crippen LogP contribution is 2.23. The van der Waals surface area contributed by atoms with Crippen LogP contribution in [-0.4, -0.2) is 46.2 Å². The monoisotopic (exact) mass is 506 g/mol. The Balaban J connectivity index is 0.00000380. The number of rotatable bonds is 9. The van der Waals surface area contributed by atoms with E-state index in [1.54, 1.807) is 18.3 Å². The van der Waals surface area contributed by atoms with Crippen LogP contribution in [0.3, 0.4) is 0 Å². The van der Waals surface area contributed by atoms with Crippen molar-refractivity contribution in [2.45, 2.75) is 77.9 Å². The number of hydrogen-bond acceptors (Lipinski definition) is 5. The Kier molecular flexibility index (Phi) is 9.75. The molecule has 6 nitrogen and oxygen atoms in total. The molecule has 1 aliphatic heterocycles. The molecule has 3 N–H and O–H groups in total. The van der Waals surface area contributed by atoms with E-state index in [0.29, 0.717) is 29.9 Å². The molecular weight excluding hydrogens is 467 g/mol. The van der Waals surface area contributed by atoms with Crippen LogP contribution in [0.15, 0.2) is 54.7 Å². The van der Waals surface area contributed by atoms with E-state index in [4.69, 9.17) is 5.73 Å². The van der Waals surface area contributed by atoms with Crippen LogP contribution >= 0.6 is 0 Å². The molecule has 1 aromatic heterocycles. The van der Waals surface area contributed by atoms with Crippen molar-refractivity contribution in [2.24, 2.45) is 0 Å². The molecule has 7 heteroatoms. The lowest BCUT2D eigenvalue weighted by atomic mass is 9.96. The molecule has 1 fully saturated rings. The summed E-state index contributed by atoms with van der Waals surface area (Å²) in [5.41, 5.74) is 7.64. The van der Waals surface area contributed by atoms with Crippen LogP contribution < -0.4 is 11.1 Å². The van der Waals surface area contributed by atoms with Crippen molar-refractivity contribution in [3.8, 4) is 0 Å². The third kappa shape index (κ3) is 7.35. The number of likely N-dealkylation sites (tertiary alicyclic amines) is 1. The lowest BCUT2D eigenvalue weighted by molar-refractivity contribution is -0.129. The zero-order valence-corrected chi connectivity index (χ0v) is 21.0. The van der Waals surface area contributed by atoms with E-state index in [1.807, 2.05) is 24.3 Å². The molecule has 2 heterocycles. The molecule has 4 rings (SSSR count). The summed E-state index contributed by atoms with van der Waals surface area (Å²) in [6.07, 6.45) is 6.02. The number of anilines is 1. The van der Waals surface area contributed by atoms with Gasteiger partial charge in [-0.2, -0.15) is 0 Å². The topological polar surface area (TPSA) is 88.3 Å². The van der Waals surface area contributed by atoms with Gasteiger partial charge in [-0.1, -0.05) is 44.2 Å². The van der Waals surface area contributed by atoms with E-state index in [-0.39, 0.29) is 44.3 Å². The van der Waals surface area contributed by atoms with Gasteiger partial charge in [-0.15, -0.1) is 0 Å². The second-order valence-electron chi connectivity index (χ2n) is 9.97. The van der Waals surface area contributed by atoms with Crippen LogP contribution in [0.5, 0.6) is 0 Å². The molecular formula is C30H39FN4O2. The second kappa shape index (κ2) is 12.8. The van der Waals surface area contributed by atoms with Crippen molar-refractivity contribution in [1.29, 1.82) is 0 Å². The average Bonchev–Trinajstić information content (AvgIpc) is 2.84. The Morgan fingerprint density at radius 1 is 1.11 bits per heavy atom. The molecule has 0 bridgehead atoms. The van der Waals surface area contributed by atoms with E-state index in [1.165, 1.54) is 18.6 Å². The number of piperidine rings is 1.